The second kappa shape index (κ2) is 6.09. The van der Waals surface area contributed by atoms with E-state index in [0.717, 1.165) is 0 Å². The van der Waals surface area contributed by atoms with Gasteiger partial charge in [0, 0.05) is 12.1 Å². The molecule has 0 spiro atoms. The van der Waals surface area contributed by atoms with Crippen LogP contribution in [0, 0.1) is 12.7 Å². The molecule has 0 amide bonds. The van der Waals surface area contributed by atoms with Gasteiger partial charge < -0.3 is 5.32 Å². The SMILES string of the molecule is CCNCc1cnn(-c2ccc(F)cc2C)c1C(F)F. The van der Waals surface area contributed by atoms with Crippen LogP contribution in [0.25, 0.3) is 5.69 Å². The number of aromatic nitrogens is 2. The molecule has 1 N–H and O–H groups in total. The molecule has 108 valence electrons. The number of hydrogen-bond donors (Lipinski definition) is 1. The Morgan fingerprint density at radius 2 is 2.10 bits per heavy atom. The molecule has 1 aromatic carbocycles. The third-order valence-corrected chi connectivity index (χ3v) is 3.05. The van der Waals surface area contributed by atoms with Crippen LogP contribution in [0.15, 0.2) is 24.4 Å². The Kier molecular flexibility index (Phi) is 4.44. The molecule has 0 fully saturated rings. The van der Waals surface area contributed by atoms with Crippen LogP contribution >= 0.6 is 0 Å². The van der Waals surface area contributed by atoms with Crippen molar-refractivity contribution < 1.29 is 13.2 Å². The van der Waals surface area contributed by atoms with Gasteiger partial charge in [-0.1, -0.05) is 6.92 Å². The van der Waals surface area contributed by atoms with Crippen molar-refractivity contribution >= 4 is 0 Å². The number of aryl methyl sites for hydroxylation is 1. The van der Waals surface area contributed by atoms with Gasteiger partial charge in [-0.25, -0.2) is 17.9 Å². The summed E-state index contributed by atoms with van der Waals surface area (Å²) in [4.78, 5) is 0. The molecule has 2 aromatic rings. The van der Waals surface area contributed by atoms with Crippen LogP contribution in [0.4, 0.5) is 13.2 Å². The molecular formula is C14H16F3N3. The highest BCUT2D eigenvalue weighted by molar-refractivity contribution is 5.42. The highest BCUT2D eigenvalue weighted by Gasteiger charge is 2.21. The van der Waals surface area contributed by atoms with Crippen molar-refractivity contribution in [1.82, 2.24) is 15.1 Å². The molecule has 20 heavy (non-hydrogen) atoms. The second-order valence-corrected chi connectivity index (χ2v) is 4.48. The van der Waals surface area contributed by atoms with Crippen molar-refractivity contribution in [2.75, 3.05) is 6.54 Å². The normalized spacial score (nSPS) is 11.3. The lowest BCUT2D eigenvalue weighted by Crippen LogP contribution is -2.14. The minimum absolute atomic E-state index is 0.152. The van der Waals surface area contributed by atoms with Gasteiger partial charge in [-0.05, 0) is 37.2 Å². The van der Waals surface area contributed by atoms with E-state index in [9.17, 15) is 13.2 Å². The molecule has 2 rings (SSSR count). The predicted octanol–water partition coefficient (Wildman–Crippen LogP) is 3.37. The molecule has 0 saturated heterocycles. The zero-order chi connectivity index (χ0) is 14.7. The maximum absolute atomic E-state index is 13.3. The molecule has 1 aromatic heterocycles. The molecule has 6 heteroatoms. The second-order valence-electron chi connectivity index (χ2n) is 4.48. The van der Waals surface area contributed by atoms with E-state index in [2.05, 4.69) is 10.4 Å². The van der Waals surface area contributed by atoms with Crippen molar-refractivity contribution in [1.29, 1.82) is 0 Å². The minimum Gasteiger partial charge on any atom is -0.313 e. The lowest BCUT2D eigenvalue weighted by molar-refractivity contribution is 0.141. The summed E-state index contributed by atoms with van der Waals surface area (Å²) in [5, 5.41) is 7.03. The summed E-state index contributed by atoms with van der Waals surface area (Å²) in [7, 11) is 0. The molecule has 0 saturated carbocycles. The summed E-state index contributed by atoms with van der Waals surface area (Å²) in [6.07, 6.45) is -1.22. The first-order valence-electron chi connectivity index (χ1n) is 6.36. The first-order valence-corrected chi connectivity index (χ1v) is 6.36. The highest BCUT2D eigenvalue weighted by Crippen LogP contribution is 2.27. The monoisotopic (exact) mass is 283 g/mol. The van der Waals surface area contributed by atoms with E-state index in [1.54, 1.807) is 6.92 Å². The number of benzene rings is 1. The fourth-order valence-electron chi connectivity index (χ4n) is 2.07. The first-order chi connectivity index (χ1) is 9.54. The van der Waals surface area contributed by atoms with Crippen LogP contribution in [-0.4, -0.2) is 16.3 Å². The van der Waals surface area contributed by atoms with E-state index in [1.165, 1.54) is 29.1 Å². The zero-order valence-corrected chi connectivity index (χ0v) is 11.3. The number of alkyl halides is 2. The maximum Gasteiger partial charge on any atom is 0.280 e. The Labute approximate surface area is 115 Å². The van der Waals surface area contributed by atoms with E-state index in [0.29, 0.717) is 29.9 Å². The van der Waals surface area contributed by atoms with E-state index in [4.69, 9.17) is 0 Å². The van der Waals surface area contributed by atoms with Gasteiger partial charge in [0.25, 0.3) is 6.43 Å². The summed E-state index contributed by atoms with van der Waals surface area (Å²) < 4.78 is 40.9. The van der Waals surface area contributed by atoms with Crippen LogP contribution in [0.1, 0.15) is 30.2 Å². The predicted molar refractivity (Wildman–Crippen MR) is 70.6 cm³/mol. The molecule has 0 atom stereocenters. The van der Waals surface area contributed by atoms with Gasteiger partial charge in [0.1, 0.15) is 11.5 Å². The summed E-state index contributed by atoms with van der Waals surface area (Å²) in [5.74, 6) is -0.398. The van der Waals surface area contributed by atoms with Crippen molar-refractivity contribution in [2.24, 2.45) is 0 Å². The minimum atomic E-state index is -2.64. The number of nitrogens with one attached hydrogen (secondary N) is 1. The number of hydrogen-bond acceptors (Lipinski definition) is 2. The molecule has 0 aliphatic heterocycles. The maximum atomic E-state index is 13.3. The third kappa shape index (κ3) is 2.85. The summed E-state index contributed by atoms with van der Waals surface area (Å²) >= 11 is 0. The average molecular weight is 283 g/mol. The lowest BCUT2D eigenvalue weighted by Gasteiger charge is -2.11. The lowest BCUT2D eigenvalue weighted by atomic mass is 10.2. The molecule has 0 unspecified atom stereocenters. The molecule has 0 aliphatic carbocycles. The average Bonchev–Trinajstić information content (AvgIpc) is 2.80. The van der Waals surface area contributed by atoms with Crippen LogP contribution < -0.4 is 5.32 Å². The van der Waals surface area contributed by atoms with Gasteiger partial charge in [0.2, 0.25) is 0 Å². The van der Waals surface area contributed by atoms with Gasteiger partial charge in [-0.2, -0.15) is 5.10 Å². The molecule has 0 radical (unpaired) electrons. The van der Waals surface area contributed by atoms with Gasteiger partial charge in [0.05, 0.1) is 11.9 Å². The van der Waals surface area contributed by atoms with Crippen molar-refractivity contribution in [2.45, 2.75) is 26.8 Å². The van der Waals surface area contributed by atoms with Gasteiger partial charge in [-0.3, -0.25) is 0 Å². The molecule has 0 bridgehead atoms. The topological polar surface area (TPSA) is 29.9 Å². The quantitative estimate of drug-likeness (QED) is 0.911. The van der Waals surface area contributed by atoms with E-state index >= 15 is 0 Å². The number of nitrogens with zero attached hydrogens (tertiary/aromatic N) is 2. The van der Waals surface area contributed by atoms with E-state index in [1.807, 2.05) is 6.92 Å². The Morgan fingerprint density at radius 1 is 1.35 bits per heavy atom. The zero-order valence-electron chi connectivity index (χ0n) is 11.3. The van der Waals surface area contributed by atoms with Crippen molar-refractivity contribution in [3.63, 3.8) is 0 Å². The summed E-state index contributed by atoms with van der Waals surface area (Å²) in [5.41, 5.74) is 1.32. The summed E-state index contributed by atoms with van der Waals surface area (Å²) in [6.45, 7) is 4.58. The molecular weight excluding hydrogens is 267 g/mol. The van der Waals surface area contributed by atoms with Crippen LogP contribution in [0.3, 0.4) is 0 Å². The van der Waals surface area contributed by atoms with E-state index in [-0.39, 0.29) is 5.69 Å². The fourth-order valence-corrected chi connectivity index (χ4v) is 2.07. The standard InChI is InChI=1S/C14H16F3N3/c1-3-18-7-10-8-19-20(13(10)14(16)17)12-5-4-11(15)6-9(12)2/h4-6,8,14,18H,3,7H2,1-2H3. The highest BCUT2D eigenvalue weighted by atomic mass is 19.3. The van der Waals surface area contributed by atoms with Gasteiger partial charge in [0.15, 0.2) is 0 Å². The van der Waals surface area contributed by atoms with Gasteiger partial charge >= 0.3 is 0 Å². The number of halogens is 3. The Morgan fingerprint density at radius 3 is 2.70 bits per heavy atom. The van der Waals surface area contributed by atoms with Gasteiger partial charge in [-0.15, -0.1) is 0 Å². The Hall–Kier alpha value is -1.82. The molecule has 0 aliphatic rings. The summed E-state index contributed by atoms with van der Waals surface area (Å²) in [6, 6.07) is 4.00. The van der Waals surface area contributed by atoms with Crippen LogP contribution in [0.5, 0.6) is 0 Å². The molecule has 3 nitrogen and oxygen atoms in total. The van der Waals surface area contributed by atoms with Crippen LogP contribution in [-0.2, 0) is 6.54 Å². The largest absolute Gasteiger partial charge is 0.313 e. The number of rotatable bonds is 5. The fraction of sp³-hybridized carbons (Fsp3) is 0.357. The first kappa shape index (κ1) is 14.6. The Bertz CT molecular complexity index is 593. The van der Waals surface area contributed by atoms with Crippen molar-refractivity contribution in [3.05, 3.63) is 47.0 Å². The van der Waals surface area contributed by atoms with E-state index < -0.39 is 12.2 Å². The van der Waals surface area contributed by atoms with Crippen LogP contribution in [0.2, 0.25) is 0 Å². The molecule has 1 heterocycles. The third-order valence-electron chi connectivity index (χ3n) is 3.05. The van der Waals surface area contributed by atoms with Crippen molar-refractivity contribution in [3.8, 4) is 5.69 Å². The smallest absolute Gasteiger partial charge is 0.280 e. The Balaban J connectivity index is 2.48.